The highest BCUT2D eigenvalue weighted by atomic mass is 32.2. The highest BCUT2D eigenvalue weighted by Gasteiger charge is 2.23. The molecule has 4 N–H and O–H groups in total. The lowest BCUT2D eigenvalue weighted by atomic mass is 10.1. The summed E-state index contributed by atoms with van der Waals surface area (Å²) in [7, 11) is -2.41. The Balaban J connectivity index is 2.64. The molecular weight excluding hydrogens is 348 g/mol. The van der Waals surface area contributed by atoms with Gasteiger partial charge in [0.2, 0.25) is 0 Å². The second-order valence-corrected chi connectivity index (χ2v) is 6.89. The van der Waals surface area contributed by atoms with E-state index in [0.717, 1.165) is 12.3 Å². The van der Waals surface area contributed by atoms with E-state index in [-0.39, 0.29) is 22.0 Å². The van der Waals surface area contributed by atoms with Crippen LogP contribution in [0.25, 0.3) is 0 Å². The van der Waals surface area contributed by atoms with E-state index in [0.29, 0.717) is 5.75 Å². The molecule has 0 aliphatic rings. The Labute approximate surface area is 144 Å². The second kappa shape index (κ2) is 7.18. The molecule has 132 valence electrons. The molecule has 0 fully saturated rings. The normalized spacial score (nSPS) is 10.8. The van der Waals surface area contributed by atoms with Crippen molar-refractivity contribution in [3.05, 3.63) is 42.2 Å². The highest BCUT2D eigenvalue weighted by molar-refractivity contribution is 7.90. The van der Waals surface area contributed by atoms with Crippen LogP contribution in [-0.2, 0) is 9.84 Å². The number of amides is 1. The van der Waals surface area contributed by atoms with Crippen LogP contribution in [0.5, 0.6) is 17.2 Å². The maximum absolute atomic E-state index is 12.1. The molecule has 9 nitrogen and oxygen atoms in total. The molecule has 1 aromatic heterocycles. The van der Waals surface area contributed by atoms with Crippen LogP contribution in [0.3, 0.4) is 0 Å². The number of sulfone groups is 1. The van der Waals surface area contributed by atoms with Crippen molar-refractivity contribution in [1.82, 2.24) is 4.98 Å². The molecule has 0 bridgehead atoms. The number of nitrogens with zero attached hydrogens (tertiary/aromatic N) is 2. The smallest absolute Gasteiger partial charge is 0.283 e. The van der Waals surface area contributed by atoms with E-state index < -0.39 is 21.7 Å². The summed E-state index contributed by atoms with van der Waals surface area (Å²) in [4.78, 5) is 19.2. The van der Waals surface area contributed by atoms with Gasteiger partial charge in [-0.1, -0.05) is 0 Å². The van der Waals surface area contributed by atoms with Crippen LogP contribution < -0.4 is 20.9 Å². The third-order valence-electron chi connectivity index (χ3n) is 2.99. The molecule has 1 amide bonds. The number of carbonyl (C=O) groups excluding carboxylic acids is 1. The molecule has 0 unspecified atom stereocenters. The van der Waals surface area contributed by atoms with Gasteiger partial charge in [-0.05, 0) is 18.2 Å². The lowest BCUT2D eigenvalue weighted by Crippen LogP contribution is -2.24. The van der Waals surface area contributed by atoms with Crippen LogP contribution in [0.15, 0.2) is 46.5 Å². The number of aromatic nitrogens is 1. The number of hydrogen-bond acceptors (Lipinski definition) is 6. The minimum atomic E-state index is -3.73. The summed E-state index contributed by atoms with van der Waals surface area (Å²) in [6.45, 7) is 0. The first-order valence-electron chi connectivity index (χ1n) is 6.86. The summed E-state index contributed by atoms with van der Waals surface area (Å²) in [5.74, 6) is -0.939. The molecule has 0 aliphatic heterocycles. The van der Waals surface area contributed by atoms with E-state index in [1.54, 1.807) is 18.3 Å². The minimum Gasteiger partial charge on any atom is -0.496 e. The average molecular weight is 364 g/mol. The van der Waals surface area contributed by atoms with Crippen LogP contribution in [0.4, 0.5) is 0 Å². The molecule has 25 heavy (non-hydrogen) atoms. The van der Waals surface area contributed by atoms with E-state index in [9.17, 15) is 13.2 Å². The Bertz CT molecular complexity index is 922. The van der Waals surface area contributed by atoms with E-state index >= 15 is 0 Å². The molecule has 10 heteroatoms. The second-order valence-electron chi connectivity index (χ2n) is 4.90. The zero-order valence-electron chi connectivity index (χ0n) is 13.5. The van der Waals surface area contributed by atoms with Gasteiger partial charge in [-0.25, -0.2) is 8.42 Å². The lowest BCUT2D eigenvalue weighted by Gasteiger charge is -2.14. The van der Waals surface area contributed by atoms with Crippen molar-refractivity contribution < 1.29 is 22.7 Å². The average Bonchev–Trinajstić information content (AvgIpc) is 2.53. The maximum atomic E-state index is 12.1. The first kappa shape index (κ1) is 18.2. The quantitative estimate of drug-likeness (QED) is 0.582. The minimum absolute atomic E-state index is 0.0198. The molecule has 1 heterocycles. The van der Waals surface area contributed by atoms with Crippen molar-refractivity contribution in [3.63, 3.8) is 0 Å². The van der Waals surface area contributed by atoms with Gasteiger partial charge in [0.15, 0.2) is 15.8 Å². The molecule has 1 aromatic carbocycles. The number of ether oxygens (including phenoxy) is 2. The first-order chi connectivity index (χ1) is 11.7. The largest absolute Gasteiger partial charge is 0.496 e. The van der Waals surface area contributed by atoms with Crippen molar-refractivity contribution in [2.75, 3.05) is 13.4 Å². The van der Waals surface area contributed by atoms with E-state index in [1.807, 2.05) is 0 Å². The van der Waals surface area contributed by atoms with Crippen molar-refractivity contribution in [1.29, 1.82) is 0 Å². The van der Waals surface area contributed by atoms with Gasteiger partial charge in [0, 0.05) is 18.5 Å². The fourth-order valence-electron chi connectivity index (χ4n) is 1.96. The summed E-state index contributed by atoms with van der Waals surface area (Å²) in [5, 5.41) is 0. The van der Waals surface area contributed by atoms with Crippen LogP contribution in [-0.4, -0.2) is 38.6 Å². The van der Waals surface area contributed by atoms with Gasteiger partial charge in [0.25, 0.3) is 5.91 Å². The van der Waals surface area contributed by atoms with Gasteiger partial charge in [0.05, 0.1) is 18.9 Å². The number of nitrogens with two attached hydrogens (primary N) is 2. The molecule has 0 saturated heterocycles. The van der Waals surface area contributed by atoms with Gasteiger partial charge in [-0.15, -0.1) is 0 Å². The zero-order chi connectivity index (χ0) is 18.6. The number of benzene rings is 1. The van der Waals surface area contributed by atoms with Crippen LogP contribution in [0.2, 0.25) is 0 Å². The van der Waals surface area contributed by atoms with Gasteiger partial charge in [-0.3, -0.25) is 9.78 Å². The van der Waals surface area contributed by atoms with Crippen LogP contribution >= 0.6 is 0 Å². The zero-order valence-corrected chi connectivity index (χ0v) is 14.3. The van der Waals surface area contributed by atoms with E-state index in [4.69, 9.17) is 20.9 Å². The molecule has 0 radical (unpaired) electrons. The number of guanidine groups is 1. The van der Waals surface area contributed by atoms with E-state index in [2.05, 4.69) is 9.98 Å². The van der Waals surface area contributed by atoms with Crippen LogP contribution in [0, 0.1) is 0 Å². The summed E-state index contributed by atoms with van der Waals surface area (Å²) in [5.41, 5.74) is 10.3. The topological polar surface area (TPSA) is 147 Å². The van der Waals surface area contributed by atoms with Crippen molar-refractivity contribution >= 4 is 21.7 Å². The molecule has 2 aromatic rings. The molecule has 0 atom stereocenters. The van der Waals surface area contributed by atoms with Gasteiger partial charge < -0.3 is 20.9 Å². The predicted octanol–water partition coefficient (Wildman–Crippen LogP) is 0.700. The summed E-state index contributed by atoms with van der Waals surface area (Å²) < 4.78 is 34.9. The number of rotatable bonds is 5. The Morgan fingerprint density at radius 1 is 1.24 bits per heavy atom. The number of carbonyl (C=O) groups is 1. The SMILES string of the molecule is COc1cc(Oc2cccnc2)c(S(C)(=O)=O)cc1C(=O)N=C(N)N. The fraction of sp³-hybridized carbons (Fsp3) is 0.133. The Hall–Kier alpha value is -3.14. The monoisotopic (exact) mass is 364 g/mol. The van der Waals surface area contributed by atoms with Crippen molar-refractivity contribution in [2.24, 2.45) is 16.5 Å². The van der Waals surface area contributed by atoms with Gasteiger partial charge >= 0.3 is 0 Å². The van der Waals surface area contributed by atoms with Crippen LogP contribution in [0.1, 0.15) is 10.4 Å². The van der Waals surface area contributed by atoms with Crippen molar-refractivity contribution in [3.8, 4) is 17.2 Å². The highest BCUT2D eigenvalue weighted by Crippen LogP contribution is 2.35. The maximum Gasteiger partial charge on any atom is 0.283 e. The summed E-state index contributed by atoms with van der Waals surface area (Å²) >= 11 is 0. The number of methoxy groups -OCH3 is 1. The number of hydrogen-bond donors (Lipinski definition) is 2. The molecule has 0 aliphatic carbocycles. The fourth-order valence-corrected chi connectivity index (χ4v) is 2.76. The molecule has 2 rings (SSSR count). The standard InChI is InChI=1S/C15H16N4O5S/c1-23-11-7-12(24-9-4-3-5-18-8-9)13(25(2,21)22)6-10(11)14(20)19-15(16)17/h3-8H,1-2H3,(H4,16,17,19,20). The molecule has 0 spiro atoms. The van der Waals surface area contributed by atoms with Gasteiger partial charge in [-0.2, -0.15) is 4.99 Å². The summed E-state index contributed by atoms with van der Waals surface area (Å²) in [6, 6.07) is 5.61. The lowest BCUT2D eigenvalue weighted by molar-refractivity contribution is 0.0999. The van der Waals surface area contributed by atoms with Gasteiger partial charge in [0.1, 0.15) is 22.1 Å². The predicted molar refractivity (Wildman–Crippen MR) is 90.6 cm³/mol. The third kappa shape index (κ3) is 4.44. The Morgan fingerprint density at radius 3 is 2.48 bits per heavy atom. The number of aliphatic imine (C=N–C) groups is 1. The third-order valence-corrected chi connectivity index (χ3v) is 4.11. The number of pyridine rings is 1. The van der Waals surface area contributed by atoms with E-state index in [1.165, 1.54) is 19.4 Å². The van der Waals surface area contributed by atoms with Crippen molar-refractivity contribution in [2.45, 2.75) is 4.90 Å². The Kier molecular flexibility index (Phi) is 5.22. The first-order valence-corrected chi connectivity index (χ1v) is 8.75. The molecular formula is C15H16N4O5S. The molecule has 0 saturated carbocycles. The summed E-state index contributed by atoms with van der Waals surface area (Å²) in [6.07, 6.45) is 3.94. The Morgan fingerprint density at radius 2 is 1.96 bits per heavy atom.